The van der Waals surface area contributed by atoms with Gasteiger partial charge >= 0.3 is 10.8 Å². The van der Waals surface area contributed by atoms with Crippen molar-refractivity contribution in [3.8, 4) is 0 Å². The molecule has 1 heterocycles. The lowest BCUT2D eigenvalue weighted by Crippen LogP contribution is -2.27. The van der Waals surface area contributed by atoms with Crippen LogP contribution >= 0.6 is 22.9 Å². The number of ether oxygens (including phenoxy) is 1. The van der Waals surface area contributed by atoms with E-state index in [4.69, 9.17) is 16.3 Å². The van der Waals surface area contributed by atoms with E-state index < -0.39 is 11.9 Å². The molecule has 0 aliphatic heterocycles. The molecule has 0 saturated heterocycles. The number of para-hydroxylation sites is 1. The molecule has 20 heavy (non-hydrogen) atoms. The van der Waals surface area contributed by atoms with Crippen LogP contribution in [0, 0.1) is 5.92 Å². The Morgan fingerprint density at radius 3 is 2.95 bits per heavy atom. The number of halogens is 1. The molecule has 0 radical (unpaired) electrons. The molecule has 0 N–H and O–H groups in total. The summed E-state index contributed by atoms with van der Waals surface area (Å²) in [6.07, 6.45) is 1.50. The van der Waals surface area contributed by atoms with Gasteiger partial charge in [-0.25, -0.2) is 0 Å². The van der Waals surface area contributed by atoms with E-state index in [0.29, 0.717) is 0 Å². The van der Waals surface area contributed by atoms with Gasteiger partial charge in [-0.3, -0.25) is 14.2 Å². The summed E-state index contributed by atoms with van der Waals surface area (Å²) in [7, 11) is 0. The molecule has 106 valence electrons. The van der Waals surface area contributed by atoms with E-state index in [9.17, 15) is 9.59 Å². The van der Waals surface area contributed by atoms with Crippen molar-refractivity contribution >= 4 is 39.1 Å². The molecule has 4 nitrogen and oxygen atoms in total. The predicted octanol–water partition coefficient (Wildman–Crippen LogP) is 2.65. The second-order valence-electron chi connectivity index (χ2n) is 4.22. The van der Waals surface area contributed by atoms with Crippen LogP contribution in [0.4, 0.5) is 0 Å². The van der Waals surface area contributed by atoms with E-state index in [2.05, 4.69) is 6.58 Å². The number of alkyl halides is 1. The van der Waals surface area contributed by atoms with Crippen molar-refractivity contribution in [3.05, 3.63) is 46.6 Å². The smallest absolute Gasteiger partial charge is 0.312 e. The zero-order valence-electron chi connectivity index (χ0n) is 10.8. The maximum atomic E-state index is 12.0. The highest BCUT2D eigenvalue weighted by Crippen LogP contribution is 2.18. The minimum absolute atomic E-state index is 0.0992. The number of esters is 1. The van der Waals surface area contributed by atoms with Crippen molar-refractivity contribution in [2.24, 2.45) is 5.92 Å². The Bertz CT molecular complexity index is 676. The summed E-state index contributed by atoms with van der Waals surface area (Å²) in [4.78, 5) is 23.7. The van der Waals surface area contributed by atoms with Gasteiger partial charge in [0.2, 0.25) is 0 Å². The topological polar surface area (TPSA) is 48.3 Å². The highest BCUT2D eigenvalue weighted by Gasteiger charge is 2.21. The summed E-state index contributed by atoms with van der Waals surface area (Å²) >= 11 is 6.98. The third-order valence-corrected chi connectivity index (χ3v) is 4.17. The number of benzene rings is 1. The molecule has 1 aromatic heterocycles. The van der Waals surface area contributed by atoms with Crippen molar-refractivity contribution in [2.75, 3.05) is 12.5 Å². The zero-order chi connectivity index (χ0) is 14.5. The summed E-state index contributed by atoms with van der Waals surface area (Å²) < 4.78 is 7.46. The van der Waals surface area contributed by atoms with Gasteiger partial charge in [0.1, 0.15) is 6.61 Å². The van der Waals surface area contributed by atoms with E-state index in [1.54, 1.807) is 4.57 Å². The summed E-state index contributed by atoms with van der Waals surface area (Å²) in [6, 6.07) is 7.47. The monoisotopic (exact) mass is 311 g/mol. The van der Waals surface area contributed by atoms with Crippen molar-refractivity contribution in [1.29, 1.82) is 0 Å². The van der Waals surface area contributed by atoms with Gasteiger partial charge in [-0.1, -0.05) is 36.1 Å². The summed E-state index contributed by atoms with van der Waals surface area (Å²) in [6.45, 7) is 3.85. The van der Waals surface area contributed by atoms with Gasteiger partial charge in [0.05, 0.1) is 16.1 Å². The fourth-order valence-electron chi connectivity index (χ4n) is 1.85. The second kappa shape index (κ2) is 6.72. The highest BCUT2D eigenvalue weighted by atomic mass is 35.5. The van der Waals surface area contributed by atoms with Crippen LogP contribution in [-0.4, -0.2) is 23.0 Å². The van der Waals surface area contributed by atoms with E-state index in [1.807, 2.05) is 24.3 Å². The van der Waals surface area contributed by atoms with Gasteiger partial charge in [-0.2, -0.15) is 0 Å². The second-order valence-corrected chi connectivity index (χ2v) is 5.52. The molecule has 0 bridgehead atoms. The number of carbonyl (C=O) groups excluding carboxylic acids is 1. The Labute approximate surface area is 125 Å². The Morgan fingerprint density at radius 1 is 1.50 bits per heavy atom. The van der Waals surface area contributed by atoms with Crippen LogP contribution in [0.15, 0.2) is 41.7 Å². The average molecular weight is 312 g/mol. The molecule has 0 fully saturated rings. The quantitative estimate of drug-likeness (QED) is 0.468. The first-order valence-electron chi connectivity index (χ1n) is 6.09. The molecule has 1 unspecified atom stereocenters. The van der Waals surface area contributed by atoms with Gasteiger partial charge in [-0.05, 0) is 12.1 Å². The molecule has 0 amide bonds. The number of hydrogen-bond acceptors (Lipinski definition) is 4. The van der Waals surface area contributed by atoms with Gasteiger partial charge in [-0.15, -0.1) is 11.6 Å². The fourth-order valence-corrected chi connectivity index (χ4v) is 2.98. The van der Waals surface area contributed by atoms with E-state index in [1.165, 1.54) is 6.08 Å². The molecule has 2 aromatic rings. The van der Waals surface area contributed by atoms with Crippen molar-refractivity contribution in [3.63, 3.8) is 0 Å². The number of hydrogen-bond donors (Lipinski definition) is 0. The molecule has 2 rings (SSSR count). The molecule has 1 aromatic carbocycles. The first-order valence-corrected chi connectivity index (χ1v) is 7.44. The van der Waals surface area contributed by atoms with Gasteiger partial charge in [0.25, 0.3) is 0 Å². The number of fused-ring (bicyclic) bond motifs is 1. The maximum absolute atomic E-state index is 12.0. The highest BCUT2D eigenvalue weighted by molar-refractivity contribution is 7.16. The first-order chi connectivity index (χ1) is 9.67. The summed E-state index contributed by atoms with van der Waals surface area (Å²) in [5.74, 6) is -0.860. The standard InChI is InChI=1S/C14H14ClNO3S/c1-2-7-19-13(17)10(8-15)9-16-11-5-3-4-6-12(11)20-14(16)18/h2-6,10H,1,7-9H2. The largest absolute Gasteiger partial charge is 0.461 e. The third-order valence-electron chi connectivity index (χ3n) is 2.84. The van der Waals surface area contributed by atoms with E-state index in [-0.39, 0.29) is 23.9 Å². The van der Waals surface area contributed by atoms with Crippen molar-refractivity contribution in [1.82, 2.24) is 4.57 Å². The normalized spacial score (nSPS) is 12.2. The van der Waals surface area contributed by atoms with Crippen LogP contribution in [-0.2, 0) is 16.1 Å². The molecule has 0 aliphatic rings. The van der Waals surface area contributed by atoms with Gasteiger partial charge in [0.15, 0.2) is 0 Å². The van der Waals surface area contributed by atoms with Crippen LogP contribution in [0.5, 0.6) is 0 Å². The molecule has 0 spiro atoms. The zero-order valence-corrected chi connectivity index (χ0v) is 12.3. The Morgan fingerprint density at radius 2 is 2.25 bits per heavy atom. The van der Waals surface area contributed by atoms with Gasteiger partial charge in [0, 0.05) is 12.4 Å². The summed E-state index contributed by atoms with van der Waals surface area (Å²) in [5.41, 5.74) is 0.814. The lowest BCUT2D eigenvalue weighted by Gasteiger charge is -2.13. The lowest BCUT2D eigenvalue weighted by atomic mass is 10.2. The minimum atomic E-state index is -0.549. The Kier molecular flexibility index (Phi) is 4.98. The molecule has 0 aliphatic carbocycles. The Hall–Kier alpha value is -1.59. The molecular formula is C14H14ClNO3S. The molecular weight excluding hydrogens is 298 g/mol. The van der Waals surface area contributed by atoms with Crippen molar-refractivity contribution < 1.29 is 9.53 Å². The first kappa shape index (κ1) is 14.8. The SMILES string of the molecule is C=CCOC(=O)C(CCl)Cn1c(=O)sc2ccccc21. The fraction of sp³-hybridized carbons (Fsp3) is 0.286. The molecule has 6 heteroatoms. The maximum Gasteiger partial charge on any atom is 0.312 e. The molecule has 1 atom stereocenters. The predicted molar refractivity (Wildman–Crippen MR) is 81.5 cm³/mol. The number of thiazole rings is 1. The average Bonchev–Trinajstić information content (AvgIpc) is 2.77. The summed E-state index contributed by atoms with van der Waals surface area (Å²) in [5, 5.41) is 0. The third kappa shape index (κ3) is 3.11. The number of aromatic nitrogens is 1. The number of nitrogens with zero attached hydrogens (tertiary/aromatic N) is 1. The van der Waals surface area contributed by atoms with E-state index >= 15 is 0 Å². The lowest BCUT2D eigenvalue weighted by molar-refractivity contribution is -0.146. The number of carbonyl (C=O) groups is 1. The van der Waals surface area contributed by atoms with Crippen LogP contribution in [0.25, 0.3) is 10.2 Å². The van der Waals surface area contributed by atoms with Crippen molar-refractivity contribution in [2.45, 2.75) is 6.54 Å². The van der Waals surface area contributed by atoms with Crippen LogP contribution in [0.2, 0.25) is 0 Å². The van der Waals surface area contributed by atoms with Crippen LogP contribution in [0.3, 0.4) is 0 Å². The van der Waals surface area contributed by atoms with Crippen LogP contribution in [0.1, 0.15) is 0 Å². The number of rotatable bonds is 6. The Balaban J connectivity index is 2.25. The van der Waals surface area contributed by atoms with E-state index in [0.717, 1.165) is 21.6 Å². The van der Waals surface area contributed by atoms with Gasteiger partial charge < -0.3 is 4.74 Å². The molecule has 0 saturated carbocycles. The minimum Gasteiger partial charge on any atom is -0.461 e. The van der Waals surface area contributed by atoms with Crippen LogP contribution < -0.4 is 4.87 Å².